The number of benzene rings is 2. The quantitative estimate of drug-likeness (QED) is 0.318. The molecule has 11 heteroatoms. The van der Waals surface area contributed by atoms with E-state index in [2.05, 4.69) is 0 Å². The zero-order chi connectivity index (χ0) is 34.4. The lowest BCUT2D eigenvalue weighted by atomic mass is 9.44. The van der Waals surface area contributed by atoms with Crippen LogP contribution in [0.2, 0.25) is 0 Å². The molecule has 2 aromatic carbocycles. The molecule has 2 saturated carbocycles. The van der Waals surface area contributed by atoms with Crippen molar-refractivity contribution in [1.82, 2.24) is 0 Å². The minimum absolute atomic E-state index is 0.0510. The molecule has 48 heavy (non-hydrogen) atoms. The number of rotatable bonds is 5. The molecule has 3 N–H and O–H groups in total. The Morgan fingerprint density at radius 2 is 1.67 bits per heavy atom. The van der Waals surface area contributed by atoms with Crippen LogP contribution < -0.4 is 4.74 Å². The summed E-state index contributed by atoms with van der Waals surface area (Å²) in [6, 6.07) is 15.7. The highest BCUT2D eigenvalue weighted by atomic mass is 16.7. The van der Waals surface area contributed by atoms with Gasteiger partial charge >= 0.3 is 11.9 Å². The Labute approximate surface area is 279 Å². The summed E-state index contributed by atoms with van der Waals surface area (Å²) >= 11 is 0. The normalized spacial score (nSPS) is 41.0. The molecule has 0 spiro atoms. The Balaban J connectivity index is 1.48. The first-order valence-electron chi connectivity index (χ1n) is 16.5. The molecule has 2 bridgehead atoms. The highest BCUT2D eigenvalue weighted by molar-refractivity contribution is 5.89. The van der Waals surface area contributed by atoms with E-state index in [0.29, 0.717) is 22.5 Å². The largest absolute Gasteiger partial charge is 0.497 e. The van der Waals surface area contributed by atoms with Crippen LogP contribution in [0.1, 0.15) is 69.7 Å². The lowest BCUT2D eigenvalue weighted by Gasteiger charge is -2.68. The summed E-state index contributed by atoms with van der Waals surface area (Å²) in [6.45, 7) is 8.57. The molecule has 2 saturated heterocycles. The number of aliphatic hydroxyl groups excluding tert-OH is 2. The molecular weight excluding hydrogens is 620 g/mol. The van der Waals surface area contributed by atoms with Crippen molar-refractivity contribution < 1.29 is 53.3 Å². The number of hydrogen-bond acceptors (Lipinski definition) is 11. The molecule has 2 aliphatic heterocycles. The fourth-order valence-electron chi connectivity index (χ4n) is 9.40. The minimum Gasteiger partial charge on any atom is -0.497 e. The predicted octanol–water partition coefficient (Wildman–Crippen LogP) is 3.64. The lowest BCUT2D eigenvalue weighted by molar-refractivity contribution is -0.362. The van der Waals surface area contributed by atoms with Crippen molar-refractivity contribution in [1.29, 1.82) is 0 Å². The van der Waals surface area contributed by atoms with Gasteiger partial charge in [0.25, 0.3) is 0 Å². The van der Waals surface area contributed by atoms with Crippen LogP contribution in [-0.4, -0.2) is 88.8 Å². The van der Waals surface area contributed by atoms with Crippen molar-refractivity contribution in [2.45, 2.75) is 102 Å². The highest BCUT2D eigenvalue weighted by Crippen LogP contribution is 2.67. The van der Waals surface area contributed by atoms with Gasteiger partial charge in [0.2, 0.25) is 0 Å². The monoisotopic (exact) mass is 664 g/mol. The number of methoxy groups -OCH3 is 1. The van der Waals surface area contributed by atoms with Crippen LogP contribution in [0.4, 0.5) is 0 Å². The van der Waals surface area contributed by atoms with E-state index in [-0.39, 0.29) is 25.0 Å². The maximum absolute atomic E-state index is 14.0. The molecule has 0 aromatic heterocycles. The van der Waals surface area contributed by atoms with Gasteiger partial charge in [-0.3, -0.25) is 4.79 Å². The SMILES string of the molecule is COc1ccc(C2OC3C4=C(C)C(O)CC(O)(C(OC(=O)c5ccccc5)C5C6(OC(C)=O)COC6CC(O)[C@@]5(C)C3O2)C4(C)C)cc1. The zero-order valence-electron chi connectivity index (χ0n) is 28.0. The van der Waals surface area contributed by atoms with Crippen molar-refractivity contribution in [3.05, 3.63) is 76.9 Å². The maximum Gasteiger partial charge on any atom is 0.338 e. The van der Waals surface area contributed by atoms with Gasteiger partial charge < -0.3 is 43.7 Å². The van der Waals surface area contributed by atoms with E-state index in [9.17, 15) is 24.9 Å². The number of fused-ring (bicyclic) bond motifs is 8. The molecule has 10 unspecified atom stereocenters. The van der Waals surface area contributed by atoms with Crippen LogP contribution >= 0.6 is 0 Å². The molecule has 4 fully saturated rings. The van der Waals surface area contributed by atoms with Crippen molar-refractivity contribution in [2.24, 2.45) is 16.7 Å². The average molecular weight is 665 g/mol. The van der Waals surface area contributed by atoms with Gasteiger partial charge in [-0.2, -0.15) is 0 Å². The summed E-state index contributed by atoms with van der Waals surface area (Å²) in [5, 5.41) is 37.1. The first kappa shape index (κ1) is 33.2. The smallest absolute Gasteiger partial charge is 0.338 e. The van der Waals surface area contributed by atoms with Crippen LogP contribution in [0, 0.1) is 16.7 Å². The summed E-state index contributed by atoms with van der Waals surface area (Å²) in [5.41, 5.74) is -3.70. The topological polar surface area (TPSA) is 150 Å². The Kier molecular flexibility index (Phi) is 7.86. The lowest BCUT2D eigenvalue weighted by Crippen LogP contribution is -2.82. The van der Waals surface area contributed by atoms with E-state index >= 15 is 0 Å². The van der Waals surface area contributed by atoms with Crippen LogP contribution in [-0.2, 0) is 28.5 Å². The van der Waals surface area contributed by atoms with Crippen molar-refractivity contribution in [2.75, 3.05) is 13.7 Å². The van der Waals surface area contributed by atoms with E-state index < -0.39 is 82.8 Å². The summed E-state index contributed by atoms with van der Waals surface area (Å²) < 4.78 is 37.6. The molecular formula is C37H44O11. The van der Waals surface area contributed by atoms with Crippen LogP contribution in [0.25, 0.3) is 0 Å². The zero-order valence-corrected chi connectivity index (χ0v) is 28.0. The molecule has 0 amide bonds. The van der Waals surface area contributed by atoms with E-state index in [0.717, 1.165) is 0 Å². The van der Waals surface area contributed by atoms with Crippen molar-refractivity contribution in [3.63, 3.8) is 0 Å². The third-order valence-corrected chi connectivity index (χ3v) is 12.0. The van der Waals surface area contributed by atoms with Crippen LogP contribution in [0.5, 0.6) is 5.75 Å². The Bertz CT molecular complexity index is 1620. The second-order valence-electron chi connectivity index (χ2n) is 14.7. The Hall–Kier alpha value is -3.32. The van der Waals surface area contributed by atoms with Gasteiger partial charge in [-0.15, -0.1) is 0 Å². The highest BCUT2D eigenvalue weighted by Gasteiger charge is 2.79. The minimum atomic E-state index is -1.94. The number of carbonyl (C=O) groups excluding carboxylic acids is 2. The fraction of sp³-hybridized carbons (Fsp3) is 0.568. The number of esters is 2. The molecule has 11 nitrogen and oxygen atoms in total. The molecule has 2 heterocycles. The Morgan fingerprint density at radius 3 is 2.27 bits per heavy atom. The van der Waals surface area contributed by atoms with Gasteiger partial charge in [-0.25, -0.2) is 4.79 Å². The van der Waals surface area contributed by atoms with Gasteiger partial charge in [-0.1, -0.05) is 51.1 Å². The van der Waals surface area contributed by atoms with Gasteiger partial charge in [0.15, 0.2) is 11.9 Å². The van der Waals surface area contributed by atoms with Crippen LogP contribution in [0.15, 0.2) is 65.7 Å². The van der Waals surface area contributed by atoms with Crippen LogP contribution in [0.3, 0.4) is 0 Å². The second kappa shape index (κ2) is 11.4. The first-order valence-corrected chi connectivity index (χ1v) is 16.5. The molecule has 0 radical (unpaired) electrons. The standard InChI is InChI=1S/C37H44O11/c1-19-24(39)17-37(42)31(46-32(41)21-10-8-7-9-11-21)29-35(5,25(40)16-26-36(29,18-44-26)48-20(2)38)30-28(27(19)34(37,3)4)45-33(47-30)22-12-14-23(43-6)15-13-22/h7-15,24-26,28-31,33,39-40,42H,16-18H2,1-6H3/t24?,25?,26?,28?,29?,30?,31?,33?,35-,36?,37?/m1/s1. The summed E-state index contributed by atoms with van der Waals surface area (Å²) in [4.78, 5) is 26.9. The van der Waals surface area contributed by atoms with Gasteiger partial charge in [0.1, 0.15) is 29.7 Å². The summed E-state index contributed by atoms with van der Waals surface area (Å²) in [6.07, 6.45) is -7.16. The second-order valence-corrected chi connectivity index (χ2v) is 14.7. The van der Waals surface area contributed by atoms with Gasteiger partial charge in [-0.05, 0) is 42.3 Å². The molecule has 2 aromatic rings. The van der Waals surface area contributed by atoms with Gasteiger partial charge in [0.05, 0.1) is 43.5 Å². The van der Waals surface area contributed by atoms with Crippen molar-refractivity contribution >= 4 is 11.9 Å². The molecule has 3 aliphatic carbocycles. The number of carbonyl (C=O) groups is 2. The van der Waals surface area contributed by atoms with E-state index in [1.165, 1.54) is 6.92 Å². The first-order chi connectivity index (χ1) is 22.7. The fourth-order valence-corrected chi connectivity index (χ4v) is 9.40. The summed E-state index contributed by atoms with van der Waals surface area (Å²) in [5.74, 6) is -1.70. The predicted molar refractivity (Wildman–Crippen MR) is 170 cm³/mol. The molecule has 258 valence electrons. The molecule has 11 atom stereocenters. The molecule has 5 aliphatic rings. The third-order valence-electron chi connectivity index (χ3n) is 12.0. The number of aliphatic hydroxyl groups is 3. The number of ether oxygens (including phenoxy) is 6. The van der Waals surface area contributed by atoms with E-state index in [4.69, 9.17) is 28.4 Å². The number of hydrogen-bond donors (Lipinski definition) is 3. The summed E-state index contributed by atoms with van der Waals surface area (Å²) in [7, 11) is 1.58. The van der Waals surface area contributed by atoms with E-state index in [1.54, 1.807) is 49.6 Å². The Morgan fingerprint density at radius 1 is 0.979 bits per heavy atom. The third kappa shape index (κ3) is 4.55. The average Bonchev–Trinajstić information content (AvgIpc) is 3.49. The molecule has 7 rings (SSSR count). The van der Waals surface area contributed by atoms with E-state index in [1.807, 2.05) is 39.8 Å². The van der Waals surface area contributed by atoms with Crippen molar-refractivity contribution in [3.8, 4) is 5.75 Å². The van der Waals surface area contributed by atoms with Gasteiger partial charge in [0, 0.05) is 36.2 Å². The maximum atomic E-state index is 14.0.